The summed E-state index contributed by atoms with van der Waals surface area (Å²) in [6.07, 6.45) is 0. The Hall–Kier alpha value is -1.94. The predicted molar refractivity (Wildman–Crippen MR) is 75.3 cm³/mol. The SMILES string of the molecule is COc1ccc(Sc2ccc(C(=O)O)cc2C)cc1. The Bertz CT molecular complexity index is 591. The van der Waals surface area contributed by atoms with Gasteiger partial charge in [0, 0.05) is 9.79 Å². The molecular formula is C15H14O3S. The average Bonchev–Trinajstić information content (AvgIpc) is 2.41. The van der Waals surface area contributed by atoms with Crippen LogP contribution in [0, 0.1) is 6.92 Å². The van der Waals surface area contributed by atoms with E-state index in [1.807, 2.05) is 37.3 Å². The van der Waals surface area contributed by atoms with E-state index in [-0.39, 0.29) is 0 Å². The number of carboxylic acid groups (broad SMARTS) is 1. The molecule has 2 aromatic rings. The molecular weight excluding hydrogens is 260 g/mol. The van der Waals surface area contributed by atoms with Gasteiger partial charge in [-0.05, 0) is 55.0 Å². The molecule has 19 heavy (non-hydrogen) atoms. The van der Waals surface area contributed by atoms with Gasteiger partial charge in [-0.1, -0.05) is 11.8 Å². The van der Waals surface area contributed by atoms with Crippen LogP contribution in [-0.2, 0) is 0 Å². The van der Waals surface area contributed by atoms with Crippen LogP contribution >= 0.6 is 11.8 Å². The number of aromatic carboxylic acids is 1. The van der Waals surface area contributed by atoms with Crippen molar-refractivity contribution in [2.45, 2.75) is 16.7 Å². The Labute approximate surface area is 116 Å². The van der Waals surface area contributed by atoms with Gasteiger partial charge >= 0.3 is 5.97 Å². The molecule has 0 aliphatic carbocycles. The van der Waals surface area contributed by atoms with Crippen molar-refractivity contribution < 1.29 is 14.6 Å². The third-order valence-electron chi connectivity index (χ3n) is 2.71. The second-order valence-corrected chi connectivity index (χ2v) is 5.18. The molecule has 3 nitrogen and oxygen atoms in total. The lowest BCUT2D eigenvalue weighted by Gasteiger charge is -2.07. The van der Waals surface area contributed by atoms with Crippen molar-refractivity contribution in [1.29, 1.82) is 0 Å². The van der Waals surface area contributed by atoms with Crippen LogP contribution in [-0.4, -0.2) is 18.2 Å². The van der Waals surface area contributed by atoms with Crippen LogP contribution in [0.3, 0.4) is 0 Å². The molecule has 0 fully saturated rings. The van der Waals surface area contributed by atoms with Crippen molar-refractivity contribution >= 4 is 17.7 Å². The summed E-state index contributed by atoms with van der Waals surface area (Å²) in [5.41, 5.74) is 1.28. The summed E-state index contributed by atoms with van der Waals surface area (Å²) in [4.78, 5) is 13.0. The Kier molecular flexibility index (Phi) is 4.12. The van der Waals surface area contributed by atoms with Crippen LogP contribution in [0.15, 0.2) is 52.3 Å². The third-order valence-corrected chi connectivity index (χ3v) is 3.89. The monoisotopic (exact) mass is 274 g/mol. The van der Waals surface area contributed by atoms with E-state index in [4.69, 9.17) is 9.84 Å². The predicted octanol–water partition coefficient (Wildman–Crippen LogP) is 3.85. The summed E-state index contributed by atoms with van der Waals surface area (Å²) in [6, 6.07) is 12.9. The fraction of sp³-hybridized carbons (Fsp3) is 0.133. The minimum atomic E-state index is -0.899. The van der Waals surface area contributed by atoms with Crippen LogP contribution in [0.25, 0.3) is 0 Å². The maximum Gasteiger partial charge on any atom is 0.335 e. The highest BCUT2D eigenvalue weighted by molar-refractivity contribution is 7.99. The summed E-state index contributed by atoms with van der Waals surface area (Å²) in [6.45, 7) is 1.91. The molecule has 2 aromatic carbocycles. The lowest BCUT2D eigenvalue weighted by molar-refractivity contribution is 0.0696. The van der Waals surface area contributed by atoms with Gasteiger partial charge in [-0.3, -0.25) is 0 Å². The number of rotatable bonds is 4. The van der Waals surface area contributed by atoms with Gasteiger partial charge in [0.2, 0.25) is 0 Å². The van der Waals surface area contributed by atoms with E-state index in [1.54, 1.807) is 31.0 Å². The molecule has 0 amide bonds. The minimum Gasteiger partial charge on any atom is -0.497 e. The second kappa shape index (κ2) is 5.80. The van der Waals surface area contributed by atoms with E-state index in [0.29, 0.717) is 5.56 Å². The first kappa shape index (κ1) is 13.5. The van der Waals surface area contributed by atoms with Gasteiger partial charge in [0.05, 0.1) is 12.7 Å². The molecule has 4 heteroatoms. The number of aryl methyl sites for hydroxylation is 1. The molecule has 98 valence electrons. The second-order valence-electron chi connectivity index (χ2n) is 4.06. The Balaban J connectivity index is 2.20. The molecule has 0 heterocycles. The van der Waals surface area contributed by atoms with Gasteiger partial charge in [0.15, 0.2) is 0 Å². The van der Waals surface area contributed by atoms with Crippen LogP contribution in [0.4, 0.5) is 0 Å². The first-order chi connectivity index (χ1) is 9.10. The number of carboxylic acids is 1. The number of ether oxygens (including phenoxy) is 1. The number of hydrogen-bond donors (Lipinski definition) is 1. The molecule has 0 aromatic heterocycles. The third kappa shape index (κ3) is 3.29. The van der Waals surface area contributed by atoms with E-state index in [0.717, 1.165) is 21.1 Å². The lowest BCUT2D eigenvalue weighted by atomic mass is 10.1. The van der Waals surface area contributed by atoms with Crippen LogP contribution in [0.1, 0.15) is 15.9 Å². The van der Waals surface area contributed by atoms with Crippen LogP contribution in [0.2, 0.25) is 0 Å². The number of methoxy groups -OCH3 is 1. The zero-order valence-electron chi connectivity index (χ0n) is 10.7. The summed E-state index contributed by atoms with van der Waals surface area (Å²) in [5.74, 6) is -0.0774. The largest absolute Gasteiger partial charge is 0.497 e. The number of benzene rings is 2. The highest BCUT2D eigenvalue weighted by Crippen LogP contribution is 2.31. The van der Waals surface area contributed by atoms with Gasteiger partial charge in [-0.2, -0.15) is 0 Å². The summed E-state index contributed by atoms with van der Waals surface area (Å²) < 4.78 is 5.11. The number of hydrogen-bond acceptors (Lipinski definition) is 3. The first-order valence-electron chi connectivity index (χ1n) is 5.76. The molecule has 0 aliphatic rings. The van der Waals surface area contributed by atoms with Gasteiger partial charge < -0.3 is 9.84 Å². The lowest BCUT2D eigenvalue weighted by Crippen LogP contribution is -1.96. The Morgan fingerprint density at radius 1 is 1.16 bits per heavy atom. The summed E-state index contributed by atoms with van der Waals surface area (Å²) in [7, 11) is 1.64. The first-order valence-corrected chi connectivity index (χ1v) is 6.57. The molecule has 0 spiro atoms. The topological polar surface area (TPSA) is 46.5 Å². The van der Waals surface area contributed by atoms with E-state index in [9.17, 15) is 4.79 Å². The Morgan fingerprint density at radius 2 is 1.84 bits per heavy atom. The fourth-order valence-corrected chi connectivity index (χ4v) is 2.55. The van der Waals surface area contributed by atoms with Gasteiger partial charge in [-0.15, -0.1) is 0 Å². The molecule has 0 bridgehead atoms. The van der Waals surface area contributed by atoms with E-state index in [2.05, 4.69) is 0 Å². The zero-order chi connectivity index (χ0) is 13.8. The normalized spacial score (nSPS) is 10.2. The molecule has 0 saturated heterocycles. The van der Waals surface area contributed by atoms with Crippen molar-refractivity contribution in [1.82, 2.24) is 0 Å². The van der Waals surface area contributed by atoms with Crippen LogP contribution in [0.5, 0.6) is 5.75 Å². The standard InChI is InChI=1S/C15H14O3S/c1-10-9-11(15(16)17)3-8-14(10)19-13-6-4-12(18-2)5-7-13/h3-9H,1-2H3,(H,16,17). The highest BCUT2D eigenvalue weighted by Gasteiger charge is 2.07. The van der Waals surface area contributed by atoms with Gasteiger partial charge in [-0.25, -0.2) is 4.79 Å². The maximum atomic E-state index is 10.9. The van der Waals surface area contributed by atoms with Gasteiger partial charge in [0.25, 0.3) is 0 Å². The van der Waals surface area contributed by atoms with Crippen molar-refractivity contribution in [3.8, 4) is 5.75 Å². The van der Waals surface area contributed by atoms with Crippen molar-refractivity contribution in [3.05, 3.63) is 53.6 Å². The Morgan fingerprint density at radius 3 is 2.37 bits per heavy atom. The molecule has 0 saturated carbocycles. The molecule has 0 radical (unpaired) electrons. The fourth-order valence-electron chi connectivity index (χ4n) is 1.67. The van der Waals surface area contributed by atoms with Crippen molar-refractivity contribution in [2.75, 3.05) is 7.11 Å². The quantitative estimate of drug-likeness (QED) is 0.919. The van der Waals surface area contributed by atoms with E-state index < -0.39 is 5.97 Å². The minimum absolute atomic E-state index is 0.316. The van der Waals surface area contributed by atoms with Crippen LogP contribution < -0.4 is 4.74 Å². The number of carbonyl (C=O) groups is 1. The zero-order valence-corrected chi connectivity index (χ0v) is 11.5. The van der Waals surface area contributed by atoms with Crippen molar-refractivity contribution in [3.63, 3.8) is 0 Å². The van der Waals surface area contributed by atoms with E-state index in [1.165, 1.54) is 0 Å². The smallest absolute Gasteiger partial charge is 0.335 e. The molecule has 0 aliphatic heterocycles. The molecule has 0 unspecified atom stereocenters. The van der Waals surface area contributed by atoms with Gasteiger partial charge in [0.1, 0.15) is 5.75 Å². The molecule has 2 rings (SSSR count). The molecule has 1 N–H and O–H groups in total. The van der Waals surface area contributed by atoms with E-state index >= 15 is 0 Å². The summed E-state index contributed by atoms with van der Waals surface area (Å²) >= 11 is 1.61. The molecule has 0 atom stereocenters. The summed E-state index contributed by atoms with van der Waals surface area (Å²) in [5, 5.41) is 8.93. The highest BCUT2D eigenvalue weighted by atomic mass is 32.2. The maximum absolute atomic E-state index is 10.9. The van der Waals surface area contributed by atoms with Crippen molar-refractivity contribution in [2.24, 2.45) is 0 Å². The average molecular weight is 274 g/mol.